The molecule has 1 saturated carbocycles. The average molecular weight is 563 g/mol. The van der Waals surface area contributed by atoms with Crippen molar-refractivity contribution >= 4 is 16.6 Å². The molecule has 3 fully saturated rings. The van der Waals surface area contributed by atoms with Crippen LogP contribution in [0.3, 0.4) is 0 Å². The fraction of sp³-hybridized carbons (Fsp3) is 0.667. The monoisotopic (exact) mass is 562 g/mol. The van der Waals surface area contributed by atoms with Crippen LogP contribution in [0, 0.1) is 11.8 Å². The van der Waals surface area contributed by atoms with Crippen molar-refractivity contribution in [2.24, 2.45) is 0 Å². The highest BCUT2D eigenvalue weighted by Crippen LogP contribution is 2.37. The summed E-state index contributed by atoms with van der Waals surface area (Å²) in [5, 5.41) is 7.80. The van der Waals surface area contributed by atoms with Gasteiger partial charge in [-0.05, 0) is 63.1 Å². The Morgan fingerprint density at radius 3 is 2.60 bits per heavy atom. The Balaban J connectivity index is 1.31. The molecule has 2 aromatic rings. The van der Waals surface area contributed by atoms with Crippen LogP contribution in [0.5, 0.6) is 0 Å². The smallest absolute Gasteiger partial charge is 0.382 e. The number of methoxy groups -OCH3 is 1. The summed E-state index contributed by atoms with van der Waals surface area (Å²) in [6.45, 7) is 6.32. The van der Waals surface area contributed by atoms with Crippen molar-refractivity contribution in [2.45, 2.75) is 75.5 Å². The molecule has 0 bridgehead atoms. The van der Waals surface area contributed by atoms with E-state index in [1.54, 1.807) is 19.2 Å². The van der Waals surface area contributed by atoms with E-state index >= 15 is 0 Å². The van der Waals surface area contributed by atoms with Crippen LogP contribution in [-0.4, -0.2) is 92.5 Å². The molecule has 3 heterocycles. The first-order valence-electron chi connectivity index (χ1n) is 14.4. The van der Waals surface area contributed by atoms with E-state index in [0.29, 0.717) is 31.0 Å². The van der Waals surface area contributed by atoms with Gasteiger partial charge in [-0.3, -0.25) is 4.90 Å². The summed E-state index contributed by atoms with van der Waals surface area (Å²) >= 11 is 0. The number of benzene rings is 1. The molecule has 40 heavy (non-hydrogen) atoms. The lowest BCUT2D eigenvalue weighted by atomic mass is 9.79. The molecular formula is C30H41F3N4O3. The summed E-state index contributed by atoms with van der Waals surface area (Å²) in [6, 6.07) is 7.71. The molecule has 1 aliphatic carbocycles. The maximum atomic E-state index is 13.6. The molecule has 0 radical (unpaired) electrons. The molecule has 0 amide bonds. The second-order valence-corrected chi connectivity index (χ2v) is 11.4. The number of ether oxygens (including phenoxy) is 3. The molecule has 2 aliphatic heterocycles. The zero-order valence-corrected chi connectivity index (χ0v) is 23.5. The number of aromatic nitrogens is 1. The van der Waals surface area contributed by atoms with Gasteiger partial charge in [0.1, 0.15) is 6.54 Å². The van der Waals surface area contributed by atoms with Gasteiger partial charge in [0.2, 0.25) is 0 Å². The van der Waals surface area contributed by atoms with Crippen LogP contribution in [-0.2, 0) is 20.8 Å². The largest absolute Gasteiger partial charge is 0.406 e. The number of hydrogen-bond acceptors (Lipinski definition) is 6. The first-order chi connectivity index (χ1) is 19.3. The quantitative estimate of drug-likeness (QED) is 0.489. The van der Waals surface area contributed by atoms with E-state index in [0.717, 1.165) is 69.5 Å². The Morgan fingerprint density at radius 2 is 1.88 bits per heavy atom. The van der Waals surface area contributed by atoms with Crippen molar-refractivity contribution in [1.29, 1.82) is 0 Å². The van der Waals surface area contributed by atoms with Crippen LogP contribution >= 0.6 is 0 Å². The summed E-state index contributed by atoms with van der Waals surface area (Å²) in [5.74, 6) is 6.05. The predicted molar refractivity (Wildman–Crippen MR) is 150 cm³/mol. The number of fused-ring (bicyclic) bond motifs is 1. The Labute approximate surface area is 234 Å². The number of halogens is 3. The normalized spacial score (nSPS) is 28.3. The second kappa shape index (κ2) is 12.7. The van der Waals surface area contributed by atoms with Gasteiger partial charge in [-0.25, -0.2) is 0 Å². The number of alkyl halides is 3. The molecule has 10 heteroatoms. The van der Waals surface area contributed by atoms with Crippen LogP contribution in [0.1, 0.15) is 44.7 Å². The third-order valence-electron chi connectivity index (χ3n) is 8.76. The highest BCUT2D eigenvalue weighted by Gasteiger charge is 2.37. The molecule has 2 N–H and O–H groups in total. The van der Waals surface area contributed by atoms with Gasteiger partial charge >= 0.3 is 6.18 Å². The molecule has 1 aromatic heterocycles. The van der Waals surface area contributed by atoms with Crippen LogP contribution in [0.4, 0.5) is 18.9 Å². The van der Waals surface area contributed by atoms with Gasteiger partial charge < -0.3 is 29.4 Å². The van der Waals surface area contributed by atoms with Crippen molar-refractivity contribution in [3.8, 4) is 11.8 Å². The van der Waals surface area contributed by atoms with Gasteiger partial charge in [0.15, 0.2) is 0 Å². The number of nitrogens with one attached hydrogen (secondary N) is 2. The Bertz CT molecular complexity index is 1190. The third kappa shape index (κ3) is 6.94. The average Bonchev–Trinajstić information content (AvgIpc) is 3.29. The number of hydrogen-bond donors (Lipinski definition) is 2. The van der Waals surface area contributed by atoms with Gasteiger partial charge in [0.25, 0.3) is 0 Å². The Morgan fingerprint density at radius 1 is 1.10 bits per heavy atom. The second-order valence-electron chi connectivity index (χ2n) is 11.4. The van der Waals surface area contributed by atoms with Crippen LogP contribution in [0.2, 0.25) is 0 Å². The van der Waals surface area contributed by atoms with E-state index in [9.17, 15) is 13.2 Å². The van der Waals surface area contributed by atoms with Crippen molar-refractivity contribution in [3.63, 3.8) is 0 Å². The van der Waals surface area contributed by atoms with Crippen molar-refractivity contribution < 1.29 is 27.4 Å². The van der Waals surface area contributed by atoms with Crippen molar-refractivity contribution in [3.05, 3.63) is 30.0 Å². The van der Waals surface area contributed by atoms with Crippen molar-refractivity contribution in [1.82, 2.24) is 14.8 Å². The molecule has 0 unspecified atom stereocenters. The molecule has 7 nitrogen and oxygen atoms in total. The van der Waals surface area contributed by atoms with E-state index in [1.807, 2.05) is 12.1 Å². The molecule has 0 spiro atoms. The summed E-state index contributed by atoms with van der Waals surface area (Å²) < 4.78 is 58.6. The maximum Gasteiger partial charge on any atom is 0.406 e. The number of anilines is 1. The topological polar surface area (TPSA) is 59.9 Å². The van der Waals surface area contributed by atoms with Gasteiger partial charge in [0.05, 0.1) is 43.7 Å². The van der Waals surface area contributed by atoms with Gasteiger partial charge in [-0.1, -0.05) is 12.0 Å². The lowest BCUT2D eigenvalue weighted by Crippen LogP contribution is -2.54. The van der Waals surface area contributed by atoms with Gasteiger partial charge in [0, 0.05) is 55.5 Å². The molecule has 5 rings (SSSR count). The minimum atomic E-state index is -4.36. The third-order valence-corrected chi connectivity index (χ3v) is 8.76. The minimum Gasteiger partial charge on any atom is -0.382 e. The molecule has 2 saturated heterocycles. The van der Waals surface area contributed by atoms with E-state index in [2.05, 4.69) is 34.3 Å². The van der Waals surface area contributed by atoms with Gasteiger partial charge in [-0.15, -0.1) is 0 Å². The molecule has 2 atom stereocenters. The number of rotatable bonds is 7. The van der Waals surface area contributed by atoms with E-state index in [-0.39, 0.29) is 23.7 Å². The standard InChI is InChI=1S/C30H41F3N4O3/c1-29(36-14-17-39-18-15-36)11-8-22(9-12-29)35-25-6-3-7-27-24(25)19-23(37(27)21-30(31,32)33)5-4-13-34-26-10-16-40-20-28(26)38-2/h3,6-7,19,22,26,28,34-35H,8-18,20-21H2,1-2H3/t22?,26-,28-,29?/m1/s1. The zero-order chi connectivity index (χ0) is 28.2. The molecular weight excluding hydrogens is 521 g/mol. The molecule has 220 valence electrons. The minimum absolute atomic E-state index is 0.0626. The summed E-state index contributed by atoms with van der Waals surface area (Å²) in [7, 11) is 1.65. The van der Waals surface area contributed by atoms with Crippen LogP contribution in [0.15, 0.2) is 24.3 Å². The first-order valence-corrected chi connectivity index (χ1v) is 14.4. The van der Waals surface area contributed by atoms with E-state index in [4.69, 9.17) is 14.2 Å². The first kappa shape index (κ1) is 29.2. The van der Waals surface area contributed by atoms with Crippen molar-refractivity contribution in [2.75, 3.05) is 58.5 Å². The lowest BCUT2D eigenvalue weighted by Gasteiger charge is -2.47. The highest BCUT2D eigenvalue weighted by atomic mass is 19.4. The van der Waals surface area contributed by atoms with Gasteiger partial charge in [-0.2, -0.15) is 13.2 Å². The maximum absolute atomic E-state index is 13.6. The highest BCUT2D eigenvalue weighted by molar-refractivity contribution is 5.94. The Hall–Kier alpha value is -2.29. The fourth-order valence-corrected chi connectivity index (χ4v) is 6.38. The van der Waals surface area contributed by atoms with E-state index < -0.39 is 12.7 Å². The Kier molecular flexibility index (Phi) is 9.28. The van der Waals surface area contributed by atoms with Crippen LogP contribution in [0.25, 0.3) is 10.9 Å². The molecule has 1 aromatic carbocycles. The summed E-state index contributed by atoms with van der Waals surface area (Å²) in [5.41, 5.74) is 1.94. The summed E-state index contributed by atoms with van der Waals surface area (Å²) in [6.07, 6.45) is 0.572. The summed E-state index contributed by atoms with van der Waals surface area (Å²) in [4.78, 5) is 2.56. The number of morpholine rings is 1. The van der Waals surface area contributed by atoms with Crippen LogP contribution < -0.4 is 10.6 Å². The molecule has 3 aliphatic rings. The van der Waals surface area contributed by atoms with E-state index in [1.165, 1.54) is 4.57 Å². The number of nitrogens with zero attached hydrogens (tertiary/aromatic N) is 2. The fourth-order valence-electron chi connectivity index (χ4n) is 6.38. The SMILES string of the molecule is CO[C@@H]1COCC[C@H]1NCC#Cc1cc2c(NC3CCC(C)(N4CCOCC4)CC3)cccc2n1CC(F)(F)F. The lowest BCUT2D eigenvalue weighted by molar-refractivity contribution is -0.140. The predicted octanol–water partition coefficient (Wildman–Crippen LogP) is 4.39. The zero-order valence-electron chi connectivity index (χ0n) is 23.5.